The molecule has 1 aliphatic heterocycles. The molecule has 0 radical (unpaired) electrons. The van der Waals surface area contributed by atoms with Gasteiger partial charge in [0.1, 0.15) is 6.10 Å². The first kappa shape index (κ1) is 21.9. The number of nitrogens with two attached hydrogens (primary N) is 1. The van der Waals surface area contributed by atoms with Gasteiger partial charge in [-0.2, -0.15) is 0 Å². The lowest BCUT2D eigenvalue weighted by molar-refractivity contribution is 0.1000. The number of carbonyl (C=O) groups excluding carboxylic acids is 2. The molecule has 0 bridgehead atoms. The molecule has 1 saturated heterocycles. The Hall–Kier alpha value is -3.29. The summed E-state index contributed by atoms with van der Waals surface area (Å²) in [5.74, 6) is 0.0483. The number of amides is 3. The fraction of sp³-hybridized carbons (Fsp3) is 0.458. The van der Waals surface area contributed by atoms with Crippen LogP contribution >= 0.6 is 0 Å². The molecule has 2 fully saturated rings. The lowest BCUT2D eigenvalue weighted by atomic mass is 10.1. The summed E-state index contributed by atoms with van der Waals surface area (Å²) >= 11 is 0. The second-order valence-corrected chi connectivity index (χ2v) is 8.44. The minimum atomic E-state index is -0.525. The monoisotopic (exact) mass is 437 g/mol. The van der Waals surface area contributed by atoms with Gasteiger partial charge in [0.05, 0.1) is 11.4 Å². The summed E-state index contributed by atoms with van der Waals surface area (Å²) in [5, 5.41) is 5.79. The van der Waals surface area contributed by atoms with Crippen molar-refractivity contribution in [1.82, 2.24) is 10.3 Å². The van der Waals surface area contributed by atoms with E-state index in [9.17, 15) is 9.59 Å². The number of hydrogen-bond donors (Lipinski definition) is 3. The van der Waals surface area contributed by atoms with Crippen LogP contribution in [0, 0.1) is 0 Å². The molecule has 2 aliphatic rings. The number of nitrogens with zero attached hydrogens (tertiary/aromatic N) is 2. The van der Waals surface area contributed by atoms with Crippen LogP contribution in [0.5, 0.6) is 5.88 Å². The van der Waals surface area contributed by atoms with Crippen LogP contribution in [-0.2, 0) is 6.54 Å². The highest BCUT2D eigenvalue weighted by atomic mass is 16.5. The molecule has 0 spiro atoms. The Morgan fingerprint density at radius 3 is 2.62 bits per heavy atom. The summed E-state index contributed by atoms with van der Waals surface area (Å²) in [4.78, 5) is 31.0. The number of piperidine rings is 1. The van der Waals surface area contributed by atoms with E-state index in [0.29, 0.717) is 17.1 Å². The van der Waals surface area contributed by atoms with Crippen molar-refractivity contribution >= 4 is 23.3 Å². The van der Waals surface area contributed by atoms with Gasteiger partial charge < -0.3 is 26.0 Å². The molecule has 2 aromatic rings. The molecule has 1 aliphatic carbocycles. The number of aromatic nitrogens is 1. The van der Waals surface area contributed by atoms with Gasteiger partial charge in [-0.15, -0.1) is 0 Å². The Morgan fingerprint density at radius 2 is 1.88 bits per heavy atom. The first-order valence-corrected chi connectivity index (χ1v) is 11.4. The van der Waals surface area contributed by atoms with Crippen LogP contribution in [0.1, 0.15) is 60.9 Å². The second kappa shape index (κ2) is 10.3. The minimum Gasteiger partial charge on any atom is -0.474 e. The Morgan fingerprint density at radius 1 is 1.09 bits per heavy atom. The molecule has 1 aromatic carbocycles. The topological polar surface area (TPSA) is 110 Å². The summed E-state index contributed by atoms with van der Waals surface area (Å²) in [6.07, 6.45) is 9.75. The van der Waals surface area contributed by atoms with E-state index in [1.54, 1.807) is 18.3 Å². The quantitative estimate of drug-likeness (QED) is 0.610. The zero-order chi connectivity index (χ0) is 22.3. The average Bonchev–Trinajstić information content (AvgIpc) is 3.32. The molecule has 32 heavy (non-hydrogen) atoms. The van der Waals surface area contributed by atoms with Crippen molar-refractivity contribution in [3.63, 3.8) is 0 Å². The molecular formula is C24H31N5O3. The number of carbonyl (C=O) groups is 2. The molecule has 2 heterocycles. The molecule has 1 saturated carbocycles. The van der Waals surface area contributed by atoms with E-state index < -0.39 is 5.91 Å². The van der Waals surface area contributed by atoms with Crippen molar-refractivity contribution in [3.05, 3.63) is 47.7 Å². The molecule has 4 N–H and O–H groups in total. The smallest absolute Gasteiger partial charge is 0.319 e. The first-order chi connectivity index (χ1) is 15.6. The normalized spacial score (nSPS) is 16.6. The van der Waals surface area contributed by atoms with Gasteiger partial charge in [-0.1, -0.05) is 6.07 Å². The largest absolute Gasteiger partial charge is 0.474 e. The SMILES string of the molecule is NC(=O)c1ccc(N2CCCCC2)c(NC(=O)NCc2cccnc2OC2CCCC2)c1. The number of urea groups is 1. The molecule has 4 rings (SSSR count). The molecule has 8 nitrogen and oxygen atoms in total. The van der Waals surface area contributed by atoms with E-state index in [4.69, 9.17) is 10.5 Å². The van der Waals surface area contributed by atoms with Crippen LogP contribution in [0.4, 0.5) is 16.2 Å². The van der Waals surface area contributed by atoms with E-state index in [1.165, 1.54) is 19.3 Å². The van der Waals surface area contributed by atoms with Crippen LogP contribution < -0.4 is 26.0 Å². The van der Waals surface area contributed by atoms with Crippen molar-refractivity contribution < 1.29 is 14.3 Å². The summed E-state index contributed by atoms with van der Waals surface area (Å²) in [6, 6.07) is 8.59. The van der Waals surface area contributed by atoms with Gasteiger partial charge in [0.25, 0.3) is 0 Å². The zero-order valence-corrected chi connectivity index (χ0v) is 18.3. The number of ether oxygens (including phenoxy) is 1. The van der Waals surface area contributed by atoms with Crippen LogP contribution in [0.25, 0.3) is 0 Å². The number of primary amides is 1. The summed E-state index contributed by atoms with van der Waals surface area (Å²) in [7, 11) is 0. The molecule has 8 heteroatoms. The number of benzene rings is 1. The molecule has 1 aromatic heterocycles. The summed E-state index contributed by atoms with van der Waals surface area (Å²) < 4.78 is 6.06. The van der Waals surface area contributed by atoms with E-state index in [-0.39, 0.29) is 18.7 Å². The van der Waals surface area contributed by atoms with Crippen LogP contribution in [0.2, 0.25) is 0 Å². The van der Waals surface area contributed by atoms with Crippen LogP contribution in [-0.4, -0.2) is 36.1 Å². The van der Waals surface area contributed by atoms with E-state index in [1.807, 2.05) is 18.2 Å². The lowest BCUT2D eigenvalue weighted by Gasteiger charge is -2.30. The van der Waals surface area contributed by atoms with E-state index >= 15 is 0 Å². The van der Waals surface area contributed by atoms with E-state index in [2.05, 4.69) is 20.5 Å². The van der Waals surface area contributed by atoms with Crippen molar-refractivity contribution in [2.45, 2.75) is 57.6 Å². The number of rotatable bonds is 7. The van der Waals surface area contributed by atoms with Gasteiger partial charge in [-0.25, -0.2) is 9.78 Å². The van der Waals surface area contributed by atoms with Crippen molar-refractivity contribution in [1.29, 1.82) is 0 Å². The van der Waals surface area contributed by atoms with Crippen LogP contribution in [0.3, 0.4) is 0 Å². The third kappa shape index (κ3) is 5.49. The van der Waals surface area contributed by atoms with E-state index in [0.717, 1.165) is 50.0 Å². The third-order valence-corrected chi connectivity index (χ3v) is 6.10. The van der Waals surface area contributed by atoms with Gasteiger partial charge in [0, 0.05) is 37.0 Å². The predicted octanol–water partition coefficient (Wildman–Crippen LogP) is 3.81. The Labute approximate surface area is 188 Å². The molecule has 3 amide bonds. The summed E-state index contributed by atoms with van der Waals surface area (Å²) in [6.45, 7) is 2.13. The van der Waals surface area contributed by atoms with Gasteiger partial charge in [0.15, 0.2) is 0 Å². The van der Waals surface area contributed by atoms with Gasteiger partial charge in [-0.3, -0.25) is 4.79 Å². The van der Waals surface area contributed by atoms with Gasteiger partial charge in [-0.05, 0) is 69.2 Å². The van der Waals surface area contributed by atoms with Gasteiger partial charge in [0.2, 0.25) is 11.8 Å². The van der Waals surface area contributed by atoms with Crippen molar-refractivity contribution in [2.75, 3.05) is 23.3 Å². The van der Waals surface area contributed by atoms with Crippen LogP contribution in [0.15, 0.2) is 36.5 Å². The Bertz CT molecular complexity index is 952. The fourth-order valence-electron chi connectivity index (χ4n) is 4.37. The summed E-state index contributed by atoms with van der Waals surface area (Å²) in [5.41, 5.74) is 8.13. The number of hydrogen-bond acceptors (Lipinski definition) is 5. The predicted molar refractivity (Wildman–Crippen MR) is 124 cm³/mol. The Balaban J connectivity index is 1.44. The zero-order valence-electron chi connectivity index (χ0n) is 18.3. The highest BCUT2D eigenvalue weighted by molar-refractivity contribution is 5.98. The molecule has 170 valence electrons. The highest BCUT2D eigenvalue weighted by Gasteiger charge is 2.20. The number of nitrogens with one attached hydrogen (secondary N) is 2. The third-order valence-electron chi connectivity index (χ3n) is 6.10. The molecule has 0 unspecified atom stereocenters. The average molecular weight is 438 g/mol. The van der Waals surface area contributed by atoms with Gasteiger partial charge >= 0.3 is 6.03 Å². The molecular weight excluding hydrogens is 406 g/mol. The fourth-order valence-corrected chi connectivity index (χ4v) is 4.37. The Kier molecular flexibility index (Phi) is 7.09. The maximum absolute atomic E-state index is 12.7. The minimum absolute atomic E-state index is 0.195. The number of anilines is 2. The first-order valence-electron chi connectivity index (χ1n) is 11.4. The standard InChI is InChI=1S/C24H31N5O3/c25-22(30)17-10-11-21(29-13-4-1-5-14-29)20(15-17)28-24(31)27-16-18-7-6-12-26-23(18)32-19-8-2-3-9-19/h6-7,10-12,15,19H,1-5,8-9,13-14,16H2,(H2,25,30)(H2,27,28,31). The van der Waals surface area contributed by atoms with Crippen molar-refractivity contribution in [2.24, 2.45) is 5.73 Å². The second-order valence-electron chi connectivity index (χ2n) is 8.44. The molecule has 0 atom stereocenters. The number of pyridine rings is 1. The maximum Gasteiger partial charge on any atom is 0.319 e. The maximum atomic E-state index is 12.7. The highest BCUT2D eigenvalue weighted by Crippen LogP contribution is 2.30. The lowest BCUT2D eigenvalue weighted by Crippen LogP contribution is -2.33. The van der Waals surface area contributed by atoms with Crippen molar-refractivity contribution in [3.8, 4) is 5.88 Å².